The summed E-state index contributed by atoms with van der Waals surface area (Å²) in [6.07, 6.45) is 0. The largest absolute Gasteiger partial charge is 0.453 e. The monoisotopic (exact) mass is 366 g/mol. The number of carbonyl (C=O) groups excluding carboxylic acids is 2. The number of aryl methyl sites for hydroxylation is 2. The lowest BCUT2D eigenvalue weighted by Crippen LogP contribution is -2.14. The molecule has 0 amide bonds. The van der Waals surface area contributed by atoms with Crippen LogP contribution in [0.25, 0.3) is 0 Å². The van der Waals surface area contributed by atoms with Crippen molar-refractivity contribution < 1.29 is 14.3 Å². The van der Waals surface area contributed by atoms with Gasteiger partial charge in [0, 0.05) is 16.6 Å². The molecule has 26 heavy (non-hydrogen) atoms. The summed E-state index contributed by atoms with van der Waals surface area (Å²) in [5, 5.41) is 5.33. The van der Waals surface area contributed by atoms with Gasteiger partial charge in [0.05, 0.1) is 0 Å². The first kappa shape index (κ1) is 17.8. The zero-order valence-electron chi connectivity index (χ0n) is 14.5. The van der Waals surface area contributed by atoms with E-state index in [0.717, 1.165) is 16.8 Å². The van der Waals surface area contributed by atoms with Gasteiger partial charge in [-0.15, -0.1) is 11.3 Å². The number of aromatic nitrogens is 1. The minimum atomic E-state index is -0.612. The molecule has 0 saturated heterocycles. The third kappa shape index (κ3) is 4.55. The fourth-order valence-corrected chi connectivity index (χ4v) is 2.91. The van der Waals surface area contributed by atoms with Crippen molar-refractivity contribution in [3.8, 4) is 0 Å². The number of hydrogen-bond acceptors (Lipinski definition) is 6. The molecule has 6 heteroatoms. The number of ketones is 1. The minimum Gasteiger partial charge on any atom is -0.453 e. The number of esters is 1. The van der Waals surface area contributed by atoms with Crippen LogP contribution in [0.3, 0.4) is 0 Å². The first-order valence-electron chi connectivity index (χ1n) is 8.07. The van der Waals surface area contributed by atoms with E-state index < -0.39 is 5.97 Å². The van der Waals surface area contributed by atoms with E-state index in [1.54, 1.807) is 17.5 Å². The Morgan fingerprint density at radius 3 is 2.27 bits per heavy atom. The second-order valence-electron chi connectivity index (χ2n) is 5.89. The van der Waals surface area contributed by atoms with E-state index >= 15 is 0 Å². The van der Waals surface area contributed by atoms with Gasteiger partial charge in [0.2, 0.25) is 0 Å². The number of nitrogens with one attached hydrogen (secondary N) is 1. The highest BCUT2D eigenvalue weighted by Crippen LogP contribution is 2.21. The Balaban J connectivity index is 1.56. The highest BCUT2D eigenvalue weighted by atomic mass is 32.1. The van der Waals surface area contributed by atoms with Gasteiger partial charge in [0.15, 0.2) is 23.2 Å². The smallest absolute Gasteiger partial charge is 0.358 e. The molecule has 0 saturated carbocycles. The lowest BCUT2D eigenvalue weighted by molar-refractivity contribution is 0.0470. The van der Waals surface area contributed by atoms with Crippen LogP contribution < -0.4 is 5.32 Å². The predicted molar refractivity (Wildman–Crippen MR) is 102 cm³/mol. The van der Waals surface area contributed by atoms with Crippen LogP contribution in [-0.4, -0.2) is 23.3 Å². The Morgan fingerprint density at radius 2 is 1.62 bits per heavy atom. The van der Waals surface area contributed by atoms with Crippen molar-refractivity contribution in [2.45, 2.75) is 13.8 Å². The maximum absolute atomic E-state index is 12.1. The lowest BCUT2D eigenvalue weighted by atomic mass is 10.1. The number of benzene rings is 2. The Hall–Kier alpha value is -2.99. The summed E-state index contributed by atoms with van der Waals surface area (Å²) >= 11 is 1.30. The number of nitrogens with zero attached hydrogens (tertiary/aromatic N) is 1. The first-order valence-corrected chi connectivity index (χ1v) is 8.95. The summed E-state index contributed by atoms with van der Waals surface area (Å²) in [7, 11) is 0. The molecule has 132 valence electrons. The van der Waals surface area contributed by atoms with Gasteiger partial charge in [0.1, 0.15) is 0 Å². The number of carbonyl (C=O) groups is 2. The van der Waals surface area contributed by atoms with Crippen LogP contribution in [0.4, 0.5) is 10.8 Å². The second kappa shape index (κ2) is 7.93. The molecule has 0 aliphatic rings. The topological polar surface area (TPSA) is 68.3 Å². The van der Waals surface area contributed by atoms with E-state index in [1.807, 2.05) is 50.2 Å². The molecule has 5 nitrogen and oxygen atoms in total. The SMILES string of the molecule is Cc1ccc(Nc2nc(C(=O)OCC(=O)c3ccc(C)cc3)cs2)cc1. The van der Waals surface area contributed by atoms with Gasteiger partial charge in [-0.1, -0.05) is 47.5 Å². The van der Waals surface area contributed by atoms with Crippen LogP contribution in [0, 0.1) is 13.8 Å². The van der Waals surface area contributed by atoms with E-state index in [0.29, 0.717) is 10.7 Å². The van der Waals surface area contributed by atoms with Gasteiger partial charge in [-0.25, -0.2) is 9.78 Å². The molecule has 0 fully saturated rings. The summed E-state index contributed by atoms with van der Waals surface area (Å²) < 4.78 is 5.08. The van der Waals surface area contributed by atoms with Gasteiger partial charge in [0.25, 0.3) is 0 Å². The summed E-state index contributed by atoms with van der Waals surface area (Å²) in [6.45, 7) is 3.65. The number of hydrogen-bond donors (Lipinski definition) is 1. The van der Waals surface area contributed by atoms with Gasteiger partial charge in [-0.2, -0.15) is 0 Å². The Bertz CT molecular complexity index is 915. The Morgan fingerprint density at radius 1 is 1.00 bits per heavy atom. The van der Waals surface area contributed by atoms with E-state index in [9.17, 15) is 9.59 Å². The highest BCUT2D eigenvalue weighted by molar-refractivity contribution is 7.14. The van der Waals surface area contributed by atoms with Gasteiger partial charge in [-0.3, -0.25) is 4.79 Å². The first-order chi connectivity index (χ1) is 12.5. The number of ether oxygens (including phenoxy) is 1. The van der Waals surface area contributed by atoms with Crippen LogP contribution in [0.2, 0.25) is 0 Å². The lowest BCUT2D eigenvalue weighted by Gasteiger charge is -2.04. The molecule has 1 heterocycles. The fourth-order valence-electron chi connectivity index (χ4n) is 2.21. The molecule has 0 atom stereocenters. The summed E-state index contributed by atoms with van der Waals surface area (Å²) in [5.74, 6) is -0.856. The Kier molecular flexibility index (Phi) is 5.43. The second-order valence-corrected chi connectivity index (χ2v) is 6.75. The van der Waals surface area contributed by atoms with Crippen molar-refractivity contribution in [1.82, 2.24) is 4.98 Å². The van der Waals surface area contributed by atoms with Crippen molar-refractivity contribution in [3.05, 3.63) is 76.3 Å². The van der Waals surface area contributed by atoms with E-state index in [2.05, 4.69) is 10.3 Å². The zero-order valence-corrected chi connectivity index (χ0v) is 15.3. The quantitative estimate of drug-likeness (QED) is 0.512. The molecular weight excluding hydrogens is 348 g/mol. The molecule has 1 N–H and O–H groups in total. The Labute approximate surface area is 155 Å². The third-order valence-corrected chi connectivity index (χ3v) is 4.48. The van der Waals surface area contributed by atoms with Crippen LogP contribution in [-0.2, 0) is 4.74 Å². The van der Waals surface area contributed by atoms with Gasteiger partial charge >= 0.3 is 5.97 Å². The van der Waals surface area contributed by atoms with Crippen molar-refractivity contribution in [1.29, 1.82) is 0 Å². The molecule has 0 spiro atoms. The number of rotatable bonds is 6. The van der Waals surface area contributed by atoms with Crippen molar-refractivity contribution >= 4 is 33.9 Å². The maximum atomic E-state index is 12.1. The molecule has 3 rings (SSSR count). The van der Waals surface area contributed by atoms with Crippen molar-refractivity contribution in [2.75, 3.05) is 11.9 Å². The number of anilines is 2. The van der Waals surface area contributed by atoms with Gasteiger partial charge in [-0.05, 0) is 26.0 Å². The molecule has 3 aromatic rings. The molecule has 0 bridgehead atoms. The van der Waals surface area contributed by atoms with E-state index in [4.69, 9.17) is 4.74 Å². The zero-order chi connectivity index (χ0) is 18.5. The minimum absolute atomic E-state index is 0.182. The third-order valence-electron chi connectivity index (χ3n) is 3.72. The number of Topliss-reactive ketones (excluding diaryl/α,β-unsaturated/α-hetero) is 1. The van der Waals surface area contributed by atoms with Crippen LogP contribution >= 0.6 is 11.3 Å². The molecule has 0 aliphatic carbocycles. The summed E-state index contributed by atoms with van der Waals surface area (Å²) in [4.78, 5) is 28.4. The van der Waals surface area contributed by atoms with Gasteiger partial charge < -0.3 is 10.1 Å². The van der Waals surface area contributed by atoms with Crippen molar-refractivity contribution in [2.24, 2.45) is 0 Å². The van der Waals surface area contributed by atoms with E-state index in [-0.39, 0.29) is 18.1 Å². The molecule has 0 aliphatic heterocycles. The van der Waals surface area contributed by atoms with Crippen LogP contribution in [0.15, 0.2) is 53.9 Å². The fraction of sp³-hybridized carbons (Fsp3) is 0.150. The van der Waals surface area contributed by atoms with Crippen LogP contribution in [0.1, 0.15) is 32.0 Å². The molecular formula is C20H18N2O3S. The number of thiazole rings is 1. The van der Waals surface area contributed by atoms with E-state index in [1.165, 1.54) is 11.3 Å². The van der Waals surface area contributed by atoms with Crippen LogP contribution in [0.5, 0.6) is 0 Å². The average molecular weight is 366 g/mol. The summed E-state index contributed by atoms with van der Waals surface area (Å²) in [6, 6.07) is 15.0. The predicted octanol–water partition coefficient (Wildman–Crippen LogP) is 4.54. The normalized spacial score (nSPS) is 10.4. The maximum Gasteiger partial charge on any atom is 0.358 e. The standard InChI is InChI=1S/C20H18N2O3S/c1-13-3-7-15(8-4-13)18(23)11-25-19(24)17-12-26-20(22-17)21-16-9-5-14(2)6-10-16/h3-10,12H,11H2,1-2H3,(H,21,22). The average Bonchev–Trinajstić information content (AvgIpc) is 3.10. The molecule has 2 aromatic carbocycles. The van der Waals surface area contributed by atoms with Crippen molar-refractivity contribution in [3.63, 3.8) is 0 Å². The summed E-state index contributed by atoms with van der Waals surface area (Å²) in [5.41, 5.74) is 3.82. The molecule has 0 radical (unpaired) electrons. The molecule has 1 aromatic heterocycles. The molecule has 0 unspecified atom stereocenters. The highest BCUT2D eigenvalue weighted by Gasteiger charge is 2.15.